The summed E-state index contributed by atoms with van der Waals surface area (Å²) in [5.74, 6) is 11.8. The number of carbonyl (C=O) groups excluding carboxylic acids is 2. The van der Waals surface area contributed by atoms with Crippen LogP contribution in [0.5, 0.6) is 57.5 Å². The zero-order valence-corrected chi connectivity index (χ0v) is 80.9. The molecule has 15 aliphatic rings. The van der Waals surface area contributed by atoms with E-state index in [4.69, 9.17) is 57.8 Å². The van der Waals surface area contributed by atoms with Crippen LogP contribution < -0.4 is 85.0 Å². The molecular formula is C100H90Br6IN7O13. The van der Waals surface area contributed by atoms with Crippen molar-refractivity contribution in [2.45, 2.75) is 119 Å². The smallest absolute Gasteiger partial charge is 0.231 e. The Hall–Kier alpha value is -8.75. The fourth-order valence-corrected chi connectivity index (χ4v) is 25.0. The summed E-state index contributed by atoms with van der Waals surface area (Å²) in [6.45, 7) is 7.05. The average molecular weight is 2200 g/mol. The molecule has 10 aromatic rings. The van der Waals surface area contributed by atoms with Crippen molar-refractivity contribution in [2.24, 2.45) is 35.3 Å². The molecule has 0 radical (unpaired) electrons. The van der Waals surface area contributed by atoms with Gasteiger partial charge in [-0.25, -0.2) is 0 Å². The second kappa shape index (κ2) is 35.8. The lowest BCUT2D eigenvalue weighted by Gasteiger charge is -2.43. The van der Waals surface area contributed by atoms with E-state index in [1.165, 1.54) is 70.7 Å². The summed E-state index contributed by atoms with van der Waals surface area (Å²) in [6, 6.07) is 53.4. The summed E-state index contributed by atoms with van der Waals surface area (Å²) in [6.07, 6.45) is 21.3. The summed E-state index contributed by atoms with van der Waals surface area (Å²) < 4.78 is 69.3. The van der Waals surface area contributed by atoms with Crippen molar-refractivity contribution in [2.75, 3.05) is 80.2 Å². The monoisotopic (exact) mass is 2200 g/mol. The Bertz CT molecular complexity index is 6030. The quantitative estimate of drug-likeness (QED) is 0.0404. The van der Waals surface area contributed by atoms with Gasteiger partial charge >= 0.3 is 0 Å². The highest BCUT2D eigenvalue weighted by Crippen LogP contribution is 2.60. The van der Waals surface area contributed by atoms with Gasteiger partial charge in [0.25, 0.3) is 0 Å². The first kappa shape index (κ1) is 85.1. The Balaban J connectivity index is 0.0000000967. The number of fused-ring (bicyclic) bond motifs is 20. The third-order valence-corrected chi connectivity index (χ3v) is 31.9. The summed E-state index contributed by atoms with van der Waals surface area (Å²) >= 11 is 24.6. The fourth-order valence-electron chi connectivity index (χ4n) is 21.3. The van der Waals surface area contributed by atoms with Crippen LogP contribution in [-0.2, 0) is 11.2 Å². The standard InChI is InChI=1S/C21H21BrN2O2.C21H20BrNO4.C20H19BrN2O3.C19H15Br2NO2.C19H15BrINO2/c22-17-10-20-19(25-11-26-20)9-16(17)21-14-3-1-2-13(14)15-8-12(6-7-23)4-5-18(15)24-21;1-11(24)12-4-5-17-15(7-12)21-13(3-2-6-25-21)20(23-17)14-8-18-19(9-16(14)22)27-10-26-18;1-10(24)11-2-3-16-14(6-11)19-12(4-5-22-19)20(23-16)13-7-17-18(8-15(13)21)26-9-25-17;20-10-4-5-16-13(6-10)11-2-1-3-12(11)19(22-16)14-7-17-18(8-15(14)21)24-9-23-17;20-15-8-18-17(23-9-24-18)7-14(15)19-12-3-1-2-11(12)13-6-10(21)4-5-16(13)22-19/h1-2,4-5,8-10,13-14,21,24H,3,6-7,11,23H2;4-5,7-9,13,20-21,23H,2-3,6,10H2,1H3;2-3,6-8,12,19-20,22-23H,4-5,9H2,1H3;2*1-2,4-8,11-12,19,22H,3,9H2. The Labute approximate surface area is 800 Å². The minimum atomic E-state index is -0.0170. The molecule has 12 heterocycles. The van der Waals surface area contributed by atoms with Crippen LogP contribution in [0.3, 0.4) is 0 Å². The van der Waals surface area contributed by atoms with Crippen molar-refractivity contribution in [1.29, 1.82) is 0 Å². The van der Waals surface area contributed by atoms with E-state index in [9.17, 15) is 9.59 Å². The number of nitrogens with one attached hydrogen (secondary N) is 6. The highest BCUT2D eigenvalue weighted by atomic mass is 127. The molecule has 15 unspecified atom stereocenters. The number of hydrogen-bond donors (Lipinski definition) is 7. The maximum Gasteiger partial charge on any atom is 0.231 e. The molecule has 2 saturated heterocycles. The Morgan fingerprint density at radius 3 is 1.15 bits per heavy atom. The molecule has 15 atom stereocenters. The van der Waals surface area contributed by atoms with E-state index < -0.39 is 0 Å². The van der Waals surface area contributed by atoms with Crippen LogP contribution >= 0.6 is 118 Å². The second-order valence-electron chi connectivity index (χ2n) is 34.4. The average Bonchev–Trinajstić information content (AvgIpc) is 1.46. The molecule has 0 aromatic heterocycles. The minimum Gasteiger partial charge on any atom is -0.454 e. The van der Waals surface area contributed by atoms with Gasteiger partial charge in [-0.05, 0) is 307 Å². The molecule has 27 heteroatoms. The lowest BCUT2D eigenvalue weighted by molar-refractivity contribution is -0.0382. The molecule has 10 aromatic carbocycles. The molecule has 652 valence electrons. The number of ether oxygens (including phenoxy) is 11. The number of ketones is 2. The lowest BCUT2D eigenvalue weighted by atomic mass is 9.76. The lowest BCUT2D eigenvalue weighted by Crippen LogP contribution is -2.36. The van der Waals surface area contributed by atoms with Crippen molar-refractivity contribution < 1.29 is 61.7 Å². The van der Waals surface area contributed by atoms with E-state index in [-0.39, 0.29) is 73.4 Å². The van der Waals surface area contributed by atoms with Crippen molar-refractivity contribution >= 4 is 158 Å². The summed E-state index contributed by atoms with van der Waals surface area (Å²) in [5.41, 5.74) is 26.8. The molecule has 8 N–H and O–H groups in total. The van der Waals surface area contributed by atoms with E-state index in [0.717, 1.165) is 176 Å². The molecule has 0 saturated carbocycles. The predicted molar refractivity (Wildman–Crippen MR) is 519 cm³/mol. The van der Waals surface area contributed by atoms with Crippen LogP contribution in [-0.4, -0.2) is 65.2 Å². The van der Waals surface area contributed by atoms with Gasteiger partial charge in [-0.2, -0.15) is 0 Å². The molecule has 3 aliphatic carbocycles. The summed E-state index contributed by atoms with van der Waals surface area (Å²) in [5, 5.41) is 22.3. The largest absolute Gasteiger partial charge is 0.454 e. The summed E-state index contributed by atoms with van der Waals surface area (Å²) in [4.78, 5) is 23.6. The van der Waals surface area contributed by atoms with Crippen LogP contribution in [0.4, 0.5) is 28.4 Å². The zero-order chi connectivity index (χ0) is 86.6. The van der Waals surface area contributed by atoms with Gasteiger partial charge in [0.15, 0.2) is 69.1 Å². The molecule has 12 aliphatic heterocycles. The zero-order valence-electron chi connectivity index (χ0n) is 69.2. The topological polar surface area (TPSA) is 234 Å². The van der Waals surface area contributed by atoms with Crippen LogP contribution in [0.25, 0.3) is 0 Å². The van der Waals surface area contributed by atoms with E-state index >= 15 is 0 Å². The van der Waals surface area contributed by atoms with Crippen molar-refractivity contribution in [1.82, 2.24) is 5.32 Å². The van der Waals surface area contributed by atoms with Gasteiger partial charge in [0, 0.05) is 118 Å². The van der Waals surface area contributed by atoms with E-state index in [1.807, 2.05) is 66.7 Å². The molecule has 0 amide bonds. The van der Waals surface area contributed by atoms with Gasteiger partial charge < -0.3 is 89.7 Å². The molecule has 0 bridgehead atoms. The van der Waals surface area contributed by atoms with Crippen molar-refractivity contribution in [3.8, 4) is 57.5 Å². The van der Waals surface area contributed by atoms with E-state index in [1.54, 1.807) is 13.8 Å². The van der Waals surface area contributed by atoms with Gasteiger partial charge in [0.1, 0.15) is 0 Å². The third-order valence-electron chi connectivity index (χ3n) is 27.3. The van der Waals surface area contributed by atoms with Crippen LogP contribution in [0, 0.1) is 33.2 Å². The number of allylic oxidation sites excluding steroid dienone is 6. The maximum absolute atomic E-state index is 11.8. The van der Waals surface area contributed by atoms with Crippen molar-refractivity contribution in [3.05, 3.63) is 291 Å². The van der Waals surface area contributed by atoms with Crippen LogP contribution in [0.1, 0.15) is 194 Å². The maximum atomic E-state index is 11.8. The molecule has 2 fully saturated rings. The SMILES string of the molecule is Brc1cc2c(cc1C1Nc3ccc(I)cc3C3C=CCC31)OCO2.Brc1ccc2c(c1)C1C=CCC1C(c1cc3c(cc1Br)OCO3)N2.CC(=O)c1ccc2c(c1)C1NCCC1C(c1cc3c(cc1Br)OCO3)N2.CC(=O)c1ccc2c(c1)C1OCCCC1C(c1cc3c(cc1Br)OCO3)N2.NCCc1ccc2c(c1)C1C=CCC1C(c1cc3c(cc1Br)OCO3)N2. The fraction of sp³-hybridized carbons (Fsp3) is 0.320. The normalized spacial score (nSPS) is 25.5. The Morgan fingerprint density at radius 1 is 0.370 bits per heavy atom. The molecule has 25 rings (SSSR count). The highest BCUT2D eigenvalue weighted by molar-refractivity contribution is 14.1. The number of carbonyl (C=O) groups is 2. The third kappa shape index (κ3) is 16.4. The first-order valence-electron chi connectivity index (χ1n) is 43.2. The number of nitrogens with two attached hydrogens (primary N) is 1. The van der Waals surface area contributed by atoms with Crippen molar-refractivity contribution in [3.63, 3.8) is 0 Å². The van der Waals surface area contributed by atoms with E-state index in [0.29, 0.717) is 68.3 Å². The highest BCUT2D eigenvalue weighted by Gasteiger charge is 2.47. The number of hydrogen-bond acceptors (Lipinski definition) is 20. The number of rotatable bonds is 9. The second-order valence-corrected chi connectivity index (χ2v) is 40.9. The first-order chi connectivity index (χ1) is 61.9. The van der Waals surface area contributed by atoms with Gasteiger partial charge in [-0.1, -0.05) is 144 Å². The summed E-state index contributed by atoms with van der Waals surface area (Å²) in [7, 11) is 0. The van der Waals surface area contributed by atoms with Gasteiger partial charge in [-0.15, -0.1) is 0 Å². The number of halogens is 7. The van der Waals surface area contributed by atoms with Gasteiger partial charge in [-0.3, -0.25) is 9.59 Å². The molecule has 127 heavy (non-hydrogen) atoms. The number of anilines is 5. The molecule has 0 spiro atoms. The first-order valence-corrected chi connectivity index (χ1v) is 49.1. The number of Topliss-reactive ketones (excluding diaryl/α,β-unsaturated/α-hetero) is 2. The van der Waals surface area contributed by atoms with Crippen LogP contribution in [0.2, 0.25) is 0 Å². The minimum absolute atomic E-state index is 0.0170. The van der Waals surface area contributed by atoms with Crippen LogP contribution in [0.15, 0.2) is 215 Å². The Kier molecular flexibility index (Phi) is 24.0. The number of benzene rings is 10. The predicted octanol–water partition coefficient (Wildman–Crippen LogP) is 25.1. The molecular weight excluding hydrogens is 2110 g/mol. The Morgan fingerprint density at radius 2 is 0.724 bits per heavy atom. The van der Waals surface area contributed by atoms with E-state index in [2.05, 4.69) is 271 Å². The van der Waals surface area contributed by atoms with Gasteiger partial charge in [0.05, 0.1) is 36.3 Å². The van der Waals surface area contributed by atoms with Gasteiger partial charge in [0.2, 0.25) is 34.0 Å². The molecule has 20 nitrogen and oxygen atoms in total.